The maximum absolute atomic E-state index is 13.3. The standard InChI is InChI=1S/C10H14FN3/c1-14-6-5-12-9(7-14)8-3-2-4-13-10(8)11/h2-4,9,12H,5-7H2,1H3. The van der Waals surface area contributed by atoms with Gasteiger partial charge in [0.1, 0.15) is 0 Å². The highest BCUT2D eigenvalue weighted by atomic mass is 19.1. The van der Waals surface area contributed by atoms with Crippen molar-refractivity contribution in [3.05, 3.63) is 29.8 Å². The Kier molecular flexibility index (Phi) is 2.74. The fourth-order valence-electron chi connectivity index (χ4n) is 1.76. The van der Waals surface area contributed by atoms with Crippen LogP contribution in [0, 0.1) is 5.95 Å². The molecule has 0 saturated carbocycles. The minimum Gasteiger partial charge on any atom is -0.307 e. The predicted octanol–water partition coefficient (Wildman–Crippen LogP) is 0.797. The van der Waals surface area contributed by atoms with Crippen LogP contribution >= 0.6 is 0 Å². The van der Waals surface area contributed by atoms with Gasteiger partial charge in [-0.1, -0.05) is 6.07 Å². The minimum atomic E-state index is -0.361. The summed E-state index contributed by atoms with van der Waals surface area (Å²) in [6.45, 7) is 2.75. The van der Waals surface area contributed by atoms with Gasteiger partial charge in [0.2, 0.25) is 5.95 Å². The van der Waals surface area contributed by atoms with E-state index in [4.69, 9.17) is 0 Å². The van der Waals surface area contributed by atoms with Gasteiger partial charge in [-0.2, -0.15) is 4.39 Å². The van der Waals surface area contributed by atoms with Gasteiger partial charge in [0, 0.05) is 37.4 Å². The fraction of sp³-hybridized carbons (Fsp3) is 0.500. The Bertz CT molecular complexity index is 316. The van der Waals surface area contributed by atoms with Crippen LogP contribution in [0.15, 0.2) is 18.3 Å². The second kappa shape index (κ2) is 4.02. The minimum absolute atomic E-state index is 0.0717. The molecule has 1 unspecified atom stereocenters. The highest BCUT2D eigenvalue weighted by molar-refractivity contribution is 5.16. The van der Waals surface area contributed by atoms with E-state index in [-0.39, 0.29) is 12.0 Å². The first-order chi connectivity index (χ1) is 6.77. The Hall–Kier alpha value is -1.00. The van der Waals surface area contributed by atoms with Gasteiger partial charge in [-0.25, -0.2) is 4.98 Å². The number of aromatic nitrogens is 1. The van der Waals surface area contributed by atoms with E-state index in [9.17, 15) is 4.39 Å². The molecule has 0 amide bonds. The smallest absolute Gasteiger partial charge is 0.217 e. The maximum Gasteiger partial charge on any atom is 0.217 e. The second-order valence-corrected chi connectivity index (χ2v) is 3.65. The van der Waals surface area contributed by atoms with E-state index in [0.717, 1.165) is 19.6 Å². The molecule has 1 aliphatic heterocycles. The van der Waals surface area contributed by atoms with Crippen molar-refractivity contribution in [2.45, 2.75) is 6.04 Å². The molecule has 2 heterocycles. The lowest BCUT2D eigenvalue weighted by molar-refractivity contribution is 0.237. The number of pyridine rings is 1. The lowest BCUT2D eigenvalue weighted by atomic mass is 10.1. The summed E-state index contributed by atoms with van der Waals surface area (Å²) < 4.78 is 13.3. The van der Waals surface area contributed by atoms with Crippen LogP contribution in [0.3, 0.4) is 0 Å². The molecule has 0 aliphatic carbocycles. The summed E-state index contributed by atoms with van der Waals surface area (Å²) in [6, 6.07) is 3.64. The first kappa shape index (κ1) is 9.55. The van der Waals surface area contributed by atoms with Crippen molar-refractivity contribution in [3.8, 4) is 0 Å². The van der Waals surface area contributed by atoms with Crippen LogP contribution < -0.4 is 5.32 Å². The van der Waals surface area contributed by atoms with Crippen LogP contribution in [0.1, 0.15) is 11.6 Å². The molecule has 1 saturated heterocycles. The van der Waals surface area contributed by atoms with Gasteiger partial charge >= 0.3 is 0 Å². The van der Waals surface area contributed by atoms with Crippen LogP contribution in [0.4, 0.5) is 4.39 Å². The lowest BCUT2D eigenvalue weighted by Gasteiger charge is -2.30. The molecule has 2 rings (SSSR count). The molecule has 14 heavy (non-hydrogen) atoms. The Morgan fingerprint density at radius 2 is 2.50 bits per heavy atom. The summed E-state index contributed by atoms with van der Waals surface area (Å²) in [4.78, 5) is 5.84. The zero-order valence-electron chi connectivity index (χ0n) is 8.20. The highest BCUT2D eigenvalue weighted by Gasteiger charge is 2.20. The molecule has 1 fully saturated rings. The van der Waals surface area contributed by atoms with Crippen molar-refractivity contribution < 1.29 is 4.39 Å². The molecule has 1 aromatic rings. The van der Waals surface area contributed by atoms with E-state index < -0.39 is 0 Å². The Morgan fingerprint density at radius 3 is 3.21 bits per heavy atom. The van der Waals surface area contributed by atoms with Gasteiger partial charge in [-0.05, 0) is 13.1 Å². The molecule has 4 heteroatoms. The van der Waals surface area contributed by atoms with Crippen LogP contribution in [0.2, 0.25) is 0 Å². The molecule has 1 atom stereocenters. The van der Waals surface area contributed by atoms with Gasteiger partial charge in [0.25, 0.3) is 0 Å². The molecule has 0 aromatic carbocycles. The molecule has 1 aliphatic rings. The van der Waals surface area contributed by atoms with Crippen LogP contribution in [0.25, 0.3) is 0 Å². The number of halogens is 1. The summed E-state index contributed by atoms with van der Waals surface area (Å²) in [5.74, 6) is -0.361. The van der Waals surface area contributed by atoms with Crippen LogP contribution in [-0.2, 0) is 0 Å². The number of piperazine rings is 1. The molecule has 3 nitrogen and oxygen atoms in total. The summed E-state index contributed by atoms with van der Waals surface area (Å²) in [7, 11) is 2.04. The Balaban J connectivity index is 2.18. The molecular formula is C10H14FN3. The summed E-state index contributed by atoms with van der Waals surface area (Å²) >= 11 is 0. The lowest BCUT2D eigenvalue weighted by Crippen LogP contribution is -2.44. The normalized spacial score (nSPS) is 23.7. The third-order valence-electron chi connectivity index (χ3n) is 2.54. The second-order valence-electron chi connectivity index (χ2n) is 3.65. The molecular weight excluding hydrogens is 181 g/mol. The molecule has 0 radical (unpaired) electrons. The number of nitrogens with zero attached hydrogens (tertiary/aromatic N) is 2. The molecule has 1 aromatic heterocycles. The van der Waals surface area contributed by atoms with Gasteiger partial charge in [-0.15, -0.1) is 0 Å². The number of hydrogen-bond donors (Lipinski definition) is 1. The third kappa shape index (κ3) is 1.91. The van der Waals surface area contributed by atoms with E-state index in [1.165, 1.54) is 6.20 Å². The van der Waals surface area contributed by atoms with E-state index >= 15 is 0 Å². The highest BCUT2D eigenvalue weighted by Crippen LogP contribution is 2.17. The van der Waals surface area contributed by atoms with Crippen molar-refractivity contribution in [1.82, 2.24) is 15.2 Å². The first-order valence-corrected chi connectivity index (χ1v) is 4.79. The third-order valence-corrected chi connectivity index (χ3v) is 2.54. The first-order valence-electron chi connectivity index (χ1n) is 4.79. The average molecular weight is 195 g/mol. The average Bonchev–Trinajstić information content (AvgIpc) is 2.18. The van der Waals surface area contributed by atoms with E-state index in [2.05, 4.69) is 15.2 Å². The zero-order chi connectivity index (χ0) is 9.97. The summed E-state index contributed by atoms with van der Waals surface area (Å²) in [5.41, 5.74) is 0.666. The van der Waals surface area contributed by atoms with Gasteiger partial charge in [0.05, 0.1) is 0 Å². The zero-order valence-corrected chi connectivity index (χ0v) is 8.20. The van der Waals surface area contributed by atoms with Crippen molar-refractivity contribution in [3.63, 3.8) is 0 Å². The van der Waals surface area contributed by atoms with Gasteiger partial charge in [-0.3, -0.25) is 0 Å². The number of rotatable bonds is 1. The molecule has 0 bridgehead atoms. The predicted molar refractivity (Wildman–Crippen MR) is 52.4 cm³/mol. The maximum atomic E-state index is 13.3. The summed E-state index contributed by atoms with van der Waals surface area (Å²) in [6.07, 6.45) is 1.48. The largest absolute Gasteiger partial charge is 0.307 e. The van der Waals surface area contributed by atoms with E-state index in [1.54, 1.807) is 12.1 Å². The number of hydrogen-bond acceptors (Lipinski definition) is 3. The van der Waals surface area contributed by atoms with Crippen LogP contribution in [0.5, 0.6) is 0 Å². The van der Waals surface area contributed by atoms with Gasteiger partial charge in [0.15, 0.2) is 0 Å². The quantitative estimate of drug-likeness (QED) is 0.672. The van der Waals surface area contributed by atoms with Crippen molar-refractivity contribution in [2.75, 3.05) is 26.7 Å². The number of likely N-dealkylation sites (N-methyl/N-ethyl adjacent to an activating group) is 1. The van der Waals surface area contributed by atoms with Crippen molar-refractivity contribution >= 4 is 0 Å². The Labute approximate surface area is 82.9 Å². The molecule has 1 N–H and O–H groups in total. The van der Waals surface area contributed by atoms with Gasteiger partial charge < -0.3 is 10.2 Å². The monoisotopic (exact) mass is 195 g/mol. The summed E-state index contributed by atoms with van der Waals surface area (Å²) in [5, 5.41) is 3.28. The van der Waals surface area contributed by atoms with E-state index in [1.807, 2.05) is 7.05 Å². The van der Waals surface area contributed by atoms with E-state index in [0.29, 0.717) is 5.56 Å². The van der Waals surface area contributed by atoms with Crippen molar-refractivity contribution in [2.24, 2.45) is 0 Å². The van der Waals surface area contributed by atoms with Crippen LogP contribution in [-0.4, -0.2) is 36.6 Å². The fourth-order valence-corrected chi connectivity index (χ4v) is 1.76. The Morgan fingerprint density at radius 1 is 1.64 bits per heavy atom. The topological polar surface area (TPSA) is 28.2 Å². The number of nitrogens with one attached hydrogen (secondary N) is 1. The SMILES string of the molecule is CN1CCNC(c2cccnc2F)C1. The molecule has 0 spiro atoms. The molecule has 76 valence electrons. The van der Waals surface area contributed by atoms with Crippen molar-refractivity contribution in [1.29, 1.82) is 0 Å².